The van der Waals surface area contributed by atoms with Crippen molar-refractivity contribution in [2.24, 2.45) is 11.3 Å². The summed E-state index contributed by atoms with van der Waals surface area (Å²) in [4.78, 5) is 0. The van der Waals surface area contributed by atoms with Gasteiger partial charge in [-0.05, 0) is 61.6 Å². The molecule has 1 nitrogen and oxygen atoms in total. The zero-order valence-corrected chi connectivity index (χ0v) is 14.9. The second-order valence-electron chi connectivity index (χ2n) is 7.37. The Labute approximate surface area is 132 Å². The molecule has 20 heavy (non-hydrogen) atoms. The van der Waals surface area contributed by atoms with Crippen molar-refractivity contribution >= 4 is 21.6 Å². The third-order valence-electron chi connectivity index (χ3n) is 4.75. The fourth-order valence-corrected chi connectivity index (χ4v) is 3.64. The van der Waals surface area contributed by atoms with E-state index in [9.17, 15) is 0 Å². The molecule has 0 aromatic heterocycles. The number of aryl methyl sites for hydroxylation is 1. The average Bonchev–Trinajstić information content (AvgIpc) is 2.59. The van der Waals surface area contributed by atoms with Crippen molar-refractivity contribution in [1.82, 2.24) is 0 Å². The average molecular weight is 338 g/mol. The Bertz CT molecular complexity index is 447. The highest BCUT2D eigenvalue weighted by Gasteiger charge is 2.27. The maximum Gasteiger partial charge on any atom is 0.0383 e. The Morgan fingerprint density at radius 2 is 1.85 bits per heavy atom. The molecule has 1 aliphatic carbocycles. The number of hydrogen-bond acceptors (Lipinski definition) is 1. The first-order valence-electron chi connectivity index (χ1n) is 7.89. The van der Waals surface area contributed by atoms with Crippen molar-refractivity contribution in [1.29, 1.82) is 0 Å². The molecular weight excluding hydrogens is 310 g/mol. The molecule has 0 saturated heterocycles. The highest BCUT2D eigenvalue weighted by Crippen LogP contribution is 2.37. The molecule has 0 radical (unpaired) electrons. The number of benzene rings is 1. The van der Waals surface area contributed by atoms with E-state index >= 15 is 0 Å². The molecule has 1 aromatic carbocycles. The van der Waals surface area contributed by atoms with Crippen LogP contribution in [-0.4, -0.2) is 6.04 Å². The number of rotatable bonds is 2. The van der Waals surface area contributed by atoms with Crippen molar-refractivity contribution in [2.45, 2.75) is 65.8 Å². The first-order chi connectivity index (χ1) is 9.36. The minimum atomic E-state index is 0.459. The molecule has 1 N–H and O–H groups in total. The van der Waals surface area contributed by atoms with Crippen molar-refractivity contribution in [3.63, 3.8) is 0 Å². The van der Waals surface area contributed by atoms with E-state index in [1.165, 1.54) is 43.4 Å². The lowest BCUT2D eigenvalue weighted by Crippen LogP contribution is -2.22. The van der Waals surface area contributed by atoms with E-state index in [4.69, 9.17) is 0 Å². The van der Waals surface area contributed by atoms with Crippen LogP contribution in [0.1, 0.15) is 58.4 Å². The number of hydrogen-bond donors (Lipinski definition) is 1. The predicted octanol–water partition coefficient (Wildman–Crippen LogP) is 6.16. The zero-order valence-electron chi connectivity index (χ0n) is 13.3. The number of anilines is 1. The van der Waals surface area contributed by atoms with E-state index < -0.39 is 0 Å². The molecule has 0 aliphatic heterocycles. The summed E-state index contributed by atoms with van der Waals surface area (Å²) in [5, 5.41) is 3.77. The third-order valence-corrected chi connectivity index (χ3v) is 5.25. The van der Waals surface area contributed by atoms with E-state index in [1.807, 2.05) is 0 Å². The van der Waals surface area contributed by atoms with Gasteiger partial charge in [0.05, 0.1) is 0 Å². The SMILES string of the molecule is Cc1ccc(Br)cc1NC1CCCC(C(C)(C)C)CC1. The quantitative estimate of drug-likeness (QED) is 0.636. The molecule has 0 heterocycles. The van der Waals surface area contributed by atoms with E-state index in [-0.39, 0.29) is 0 Å². The highest BCUT2D eigenvalue weighted by atomic mass is 79.9. The molecule has 2 unspecified atom stereocenters. The molecule has 1 fully saturated rings. The fraction of sp³-hybridized carbons (Fsp3) is 0.667. The van der Waals surface area contributed by atoms with Crippen LogP contribution in [-0.2, 0) is 0 Å². The van der Waals surface area contributed by atoms with Gasteiger partial charge in [0.15, 0.2) is 0 Å². The van der Waals surface area contributed by atoms with Crippen LogP contribution >= 0.6 is 15.9 Å². The molecule has 0 spiro atoms. The summed E-state index contributed by atoms with van der Waals surface area (Å²) < 4.78 is 1.16. The van der Waals surface area contributed by atoms with Gasteiger partial charge in [-0.3, -0.25) is 0 Å². The molecular formula is C18H28BrN. The topological polar surface area (TPSA) is 12.0 Å². The summed E-state index contributed by atoms with van der Waals surface area (Å²) in [6.45, 7) is 9.36. The van der Waals surface area contributed by atoms with Crippen LogP contribution < -0.4 is 5.32 Å². The highest BCUT2D eigenvalue weighted by molar-refractivity contribution is 9.10. The lowest BCUT2D eigenvalue weighted by Gasteiger charge is -2.29. The Morgan fingerprint density at radius 3 is 2.55 bits per heavy atom. The minimum Gasteiger partial charge on any atom is -0.382 e. The van der Waals surface area contributed by atoms with Gasteiger partial charge >= 0.3 is 0 Å². The molecule has 0 bridgehead atoms. The molecule has 1 saturated carbocycles. The predicted molar refractivity (Wildman–Crippen MR) is 92.3 cm³/mol. The lowest BCUT2D eigenvalue weighted by atomic mass is 9.76. The third kappa shape index (κ3) is 4.25. The van der Waals surface area contributed by atoms with Gasteiger partial charge < -0.3 is 5.32 Å². The first kappa shape index (κ1) is 15.9. The first-order valence-corrected chi connectivity index (χ1v) is 8.68. The van der Waals surface area contributed by atoms with Gasteiger partial charge in [0, 0.05) is 16.2 Å². The fourth-order valence-electron chi connectivity index (χ4n) is 3.28. The summed E-state index contributed by atoms with van der Waals surface area (Å²) in [6.07, 6.45) is 6.70. The van der Waals surface area contributed by atoms with E-state index in [0.29, 0.717) is 11.5 Å². The maximum absolute atomic E-state index is 3.77. The van der Waals surface area contributed by atoms with Crippen LogP contribution in [0.25, 0.3) is 0 Å². The lowest BCUT2D eigenvalue weighted by molar-refractivity contribution is 0.214. The van der Waals surface area contributed by atoms with Crippen LogP contribution in [0, 0.1) is 18.3 Å². The van der Waals surface area contributed by atoms with Gasteiger partial charge in [-0.25, -0.2) is 0 Å². The van der Waals surface area contributed by atoms with Crippen LogP contribution in [0.2, 0.25) is 0 Å². The van der Waals surface area contributed by atoms with Gasteiger partial charge in [0.1, 0.15) is 0 Å². The molecule has 2 heteroatoms. The molecule has 0 amide bonds. The van der Waals surface area contributed by atoms with Crippen molar-refractivity contribution < 1.29 is 0 Å². The van der Waals surface area contributed by atoms with Crippen LogP contribution in [0.3, 0.4) is 0 Å². The smallest absolute Gasteiger partial charge is 0.0383 e. The van der Waals surface area contributed by atoms with Crippen molar-refractivity contribution in [3.8, 4) is 0 Å². The Balaban J connectivity index is 1.99. The normalized spacial score (nSPS) is 24.2. The number of halogens is 1. The summed E-state index contributed by atoms with van der Waals surface area (Å²) in [5.41, 5.74) is 3.09. The Kier molecular flexibility index (Phi) is 5.17. The van der Waals surface area contributed by atoms with Crippen molar-refractivity contribution in [2.75, 3.05) is 5.32 Å². The summed E-state index contributed by atoms with van der Waals surface area (Å²) in [7, 11) is 0. The minimum absolute atomic E-state index is 0.459. The second kappa shape index (κ2) is 6.51. The monoisotopic (exact) mass is 337 g/mol. The molecule has 1 aliphatic rings. The molecule has 2 rings (SSSR count). The summed E-state index contributed by atoms with van der Waals surface area (Å²) in [6, 6.07) is 7.14. The van der Waals surface area contributed by atoms with Crippen LogP contribution in [0.15, 0.2) is 22.7 Å². The second-order valence-corrected chi connectivity index (χ2v) is 8.29. The molecule has 112 valence electrons. The van der Waals surface area contributed by atoms with E-state index in [0.717, 1.165) is 10.4 Å². The van der Waals surface area contributed by atoms with E-state index in [1.54, 1.807) is 0 Å². The van der Waals surface area contributed by atoms with Gasteiger partial charge in [0.25, 0.3) is 0 Å². The van der Waals surface area contributed by atoms with Gasteiger partial charge in [-0.2, -0.15) is 0 Å². The Hall–Kier alpha value is -0.500. The van der Waals surface area contributed by atoms with Crippen molar-refractivity contribution in [3.05, 3.63) is 28.2 Å². The van der Waals surface area contributed by atoms with Crippen LogP contribution in [0.4, 0.5) is 5.69 Å². The summed E-state index contributed by atoms with van der Waals surface area (Å²) in [5.74, 6) is 0.873. The van der Waals surface area contributed by atoms with Gasteiger partial charge in [0.2, 0.25) is 0 Å². The van der Waals surface area contributed by atoms with Gasteiger partial charge in [-0.1, -0.05) is 49.2 Å². The summed E-state index contributed by atoms with van der Waals surface area (Å²) >= 11 is 3.57. The molecule has 1 aromatic rings. The van der Waals surface area contributed by atoms with E-state index in [2.05, 4.69) is 67.1 Å². The Morgan fingerprint density at radius 1 is 1.10 bits per heavy atom. The maximum atomic E-state index is 3.77. The molecule has 2 atom stereocenters. The standard InChI is InChI=1S/C18H28BrN/c1-13-8-10-15(19)12-17(13)20-16-7-5-6-14(9-11-16)18(2,3)4/h8,10,12,14,16,20H,5-7,9,11H2,1-4H3. The van der Waals surface area contributed by atoms with Crippen LogP contribution in [0.5, 0.6) is 0 Å². The zero-order chi connectivity index (χ0) is 14.8. The van der Waals surface area contributed by atoms with Gasteiger partial charge in [-0.15, -0.1) is 0 Å². The number of nitrogens with one attached hydrogen (secondary N) is 1. The largest absolute Gasteiger partial charge is 0.382 e.